The van der Waals surface area contributed by atoms with E-state index in [9.17, 15) is 15.0 Å². The number of hydrazone groups is 1. The molecule has 2 aromatic rings. The SMILES string of the molecule is COc1cccc(/C=N/NC(=O)c2ccc(N)cc2O)c1O. The quantitative estimate of drug-likeness (QED) is 0.387. The van der Waals surface area contributed by atoms with Crippen molar-refractivity contribution in [2.75, 3.05) is 12.8 Å². The fraction of sp³-hybridized carbons (Fsp3) is 0.0667. The van der Waals surface area contributed by atoms with Crippen LogP contribution in [-0.2, 0) is 0 Å². The van der Waals surface area contributed by atoms with Crippen molar-refractivity contribution in [3.05, 3.63) is 47.5 Å². The first-order valence-electron chi connectivity index (χ1n) is 6.30. The summed E-state index contributed by atoms with van der Waals surface area (Å²) in [5, 5.41) is 23.2. The molecule has 5 N–H and O–H groups in total. The van der Waals surface area contributed by atoms with Crippen LogP contribution >= 0.6 is 0 Å². The second kappa shape index (κ2) is 6.49. The molecule has 0 radical (unpaired) electrons. The third-order valence-corrected chi connectivity index (χ3v) is 2.89. The Labute approximate surface area is 126 Å². The molecular weight excluding hydrogens is 286 g/mol. The highest BCUT2D eigenvalue weighted by atomic mass is 16.5. The molecule has 0 saturated carbocycles. The number of nitrogens with one attached hydrogen (secondary N) is 1. The van der Waals surface area contributed by atoms with Gasteiger partial charge in [0.2, 0.25) is 0 Å². The normalized spacial score (nSPS) is 10.6. The molecule has 1 amide bonds. The predicted molar refractivity (Wildman–Crippen MR) is 82.2 cm³/mol. The summed E-state index contributed by atoms with van der Waals surface area (Å²) in [5.41, 5.74) is 8.50. The molecule has 7 heteroatoms. The van der Waals surface area contributed by atoms with Gasteiger partial charge in [-0.15, -0.1) is 0 Å². The number of anilines is 1. The third kappa shape index (κ3) is 3.26. The first kappa shape index (κ1) is 15.2. The van der Waals surface area contributed by atoms with E-state index in [4.69, 9.17) is 10.5 Å². The van der Waals surface area contributed by atoms with Crippen LogP contribution in [0.3, 0.4) is 0 Å². The van der Waals surface area contributed by atoms with Crippen LogP contribution < -0.4 is 15.9 Å². The predicted octanol–water partition coefficient (Wildman–Crippen LogP) is 1.45. The Morgan fingerprint density at radius 1 is 1.32 bits per heavy atom. The van der Waals surface area contributed by atoms with Gasteiger partial charge in [0.05, 0.1) is 18.9 Å². The number of para-hydroxylation sites is 1. The maximum absolute atomic E-state index is 11.9. The van der Waals surface area contributed by atoms with Crippen LogP contribution in [-0.4, -0.2) is 29.4 Å². The topological polar surface area (TPSA) is 117 Å². The van der Waals surface area contributed by atoms with E-state index >= 15 is 0 Å². The Kier molecular flexibility index (Phi) is 4.47. The van der Waals surface area contributed by atoms with E-state index in [0.29, 0.717) is 17.0 Å². The minimum atomic E-state index is -0.601. The lowest BCUT2D eigenvalue weighted by Gasteiger charge is -2.05. The highest BCUT2D eigenvalue weighted by molar-refractivity contribution is 5.98. The number of nitrogen functional groups attached to an aromatic ring is 1. The number of carbonyl (C=O) groups is 1. The van der Waals surface area contributed by atoms with Gasteiger partial charge < -0.3 is 20.7 Å². The lowest BCUT2D eigenvalue weighted by atomic mass is 10.2. The smallest absolute Gasteiger partial charge is 0.275 e. The van der Waals surface area contributed by atoms with Crippen LogP contribution in [0.2, 0.25) is 0 Å². The molecule has 0 spiro atoms. The Morgan fingerprint density at radius 2 is 2.09 bits per heavy atom. The Bertz CT molecular complexity index is 729. The summed E-state index contributed by atoms with van der Waals surface area (Å²) in [6.45, 7) is 0. The summed E-state index contributed by atoms with van der Waals surface area (Å²) in [7, 11) is 1.43. The molecule has 114 valence electrons. The van der Waals surface area contributed by atoms with Crippen LogP contribution in [0.15, 0.2) is 41.5 Å². The van der Waals surface area contributed by atoms with E-state index in [0.717, 1.165) is 0 Å². The molecule has 7 nitrogen and oxygen atoms in total. The Balaban J connectivity index is 2.11. The van der Waals surface area contributed by atoms with Crippen molar-refractivity contribution >= 4 is 17.8 Å². The fourth-order valence-corrected chi connectivity index (χ4v) is 1.77. The molecule has 0 atom stereocenters. The van der Waals surface area contributed by atoms with Gasteiger partial charge in [0.25, 0.3) is 5.91 Å². The van der Waals surface area contributed by atoms with E-state index in [1.807, 2.05) is 0 Å². The van der Waals surface area contributed by atoms with Crippen molar-refractivity contribution in [2.45, 2.75) is 0 Å². The van der Waals surface area contributed by atoms with Gasteiger partial charge in [0, 0.05) is 17.3 Å². The molecule has 0 heterocycles. The molecule has 0 unspecified atom stereocenters. The lowest BCUT2D eigenvalue weighted by molar-refractivity contribution is 0.0952. The van der Waals surface area contributed by atoms with Crippen molar-refractivity contribution < 1.29 is 19.7 Å². The number of phenolic OH excluding ortho intramolecular Hbond substituents is 2. The second-order valence-corrected chi connectivity index (χ2v) is 4.37. The van der Waals surface area contributed by atoms with Crippen molar-refractivity contribution in [1.82, 2.24) is 5.43 Å². The number of aromatic hydroxyl groups is 2. The number of benzene rings is 2. The maximum atomic E-state index is 11.9. The van der Waals surface area contributed by atoms with E-state index in [2.05, 4.69) is 10.5 Å². The molecule has 2 aromatic carbocycles. The van der Waals surface area contributed by atoms with Crippen LogP contribution in [0.4, 0.5) is 5.69 Å². The molecule has 0 aliphatic carbocycles. The van der Waals surface area contributed by atoms with Crippen molar-refractivity contribution in [3.8, 4) is 17.2 Å². The number of rotatable bonds is 4. The average Bonchev–Trinajstić information content (AvgIpc) is 2.48. The number of methoxy groups -OCH3 is 1. The van der Waals surface area contributed by atoms with Crippen molar-refractivity contribution in [2.24, 2.45) is 5.10 Å². The summed E-state index contributed by atoms with van der Waals surface area (Å²) >= 11 is 0. The van der Waals surface area contributed by atoms with Gasteiger partial charge in [-0.25, -0.2) is 5.43 Å². The fourth-order valence-electron chi connectivity index (χ4n) is 1.77. The number of hydrogen-bond acceptors (Lipinski definition) is 6. The molecule has 0 fully saturated rings. The third-order valence-electron chi connectivity index (χ3n) is 2.89. The Hall–Kier alpha value is -3.22. The van der Waals surface area contributed by atoms with Crippen LogP contribution in [0.5, 0.6) is 17.2 Å². The van der Waals surface area contributed by atoms with Gasteiger partial charge in [-0.05, 0) is 24.3 Å². The van der Waals surface area contributed by atoms with Gasteiger partial charge >= 0.3 is 0 Å². The Morgan fingerprint density at radius 3 is 2.77 bits per heavy atom. The van der Waals surface area contributed by atoms with Crippen molar-refractivity contribution in [3.63, 3.8) is 0 Å². The standard InChI is InChI=1S/C15H15N3O4/c1-22-13-4-2-3-9(14(13)20)8-17-18-15(21)11-6-5-10(16)7-12(11)19/h2-8,19-20H,16H2,1H3,(H,18,21)/b17-8+. The van der Waals surface area contributed by atoms with E-state index in [1.54, 1.807) is 18.2 Å². The number of phenols is 2. The van der Waals surface area contributed by atoms with Gasteiger partial charge in [-0.3, -0.25) is 4.79 Å². The molecule has 0 aliphatic rings. The summed E-state index contributed by atoms with van der Waals surface area (Å²) in [4.78, 5) is 11.9. The monoisotopic (exact) mass is 301 g/mol. The van der Waals surface area contributed by atoms with E-state index < -0.39 is 5.91 Å². The lowest BCUT2D eigenvalue weighted by Crippen LogP contribution is -2.17. The maximum Gasteiger partial charge on any atom is 0.275 e. The zero-order valence-electron chi connectivity index (χ0n) is 11.8. The molecule has 0 bridgehead atoms. The van der Waals surface area contributed by atoms with Crippen LogP contribution in [0, 0.1) is 0 Å². The molecule has 0 aliphatic heterocycles. The molecular formula is C15H15N3O4. The minimum absolute atomic E-state index is 0.0428. The summed E-state index contributed by atoms with van der Waals surface area (Å²) in [6.07, 6.45) is 1.27. The van der Waals surface area contributed by atoms with E-state index in [-0.39, 0.29) is 17.1 Å². The van der Waals surface area contributed by atoms with Gasteiger partial charge in [0.1, 0.15) is 5.75 Å². The first-order chi connectivity index (χ1) is 10.5. The van der Waals surface area contributed by atoms with E-state index in [1.165, 1.54) is 31.5 Å². The highest BCUT2D eigenvalue weighted by Crippen LogP contribution is 2.28. The molecule has 0 saturated heterocycles. The van der Waals surface area contributed by atoms with Gasteiger partial charge in [-0.1, -0.05) is 6.07 Å². The molecule has 22 heavy (non-hydrogen) atoms. The molecule has 2 rings (SSSR count). The van der Waals surface area contributed by atoms with Crippen LogP contribution in [0.1, 0.15) is 15.9 Å². The van der Waals surface area contributed by atoms with Crippen molar-refractivity contribution in [1.29, 1.82) is 0 Å². The highest BCUT2D eigenvalue weighted by Gasteiger charge is 2.10. The number of ether oxygens (including phenoxy) is 1. The summed E-state index contributed by atoms with van der Waals surface area (Å²) in [5.74, 6) is -0.627. The van der Waals surface area contributed by atoms with Crippen LogP contribution in [0.25, 0.3) is 0 Å². The first-order valence-corrected chi connectivity index (χ1v) is 6.30. The number of amides is 1. The van der Waals surface area contributed by atoms with Gasteiger partial charge in [-0.2, -0.15) is 5.10 Å². The number of nitrogens with zero attached hydrogens (tertiary/aromatic N) is 1. The average molecular weight is 301 g/mol. The molecule has 0 aromatic heterocycles. The zero-order valence-corrected chi connectivity index (χ0v) is 11.8. The number of nitrogens with two attached hydrogens (primary N) is 1. The number of hydrogen-bond donors (Lipinski definition) is 4. The number of carbonyl (C=O) groups excluding carboxylic acids is 1. The largest absolute Gasteiger partial charge is 0.507 e. The minimum Gasteiger partial charge on any atom is -0.507 e. The summed E-state index contributed by atoms with van der Waals surface area (Å²) < 4.78 is 4.97. The summed E-state index contributed by atoms with van der Waals surface area (Å²) in [6, 6.07) is 9.02. The zero-order chi connectivity index (χ0) is 16.1. The van der Waals surface area contributed by atoms with Gasteiger partial charge in [0.15, 0.2) is 11.5 Å². The second-order valence-electron chi connectivity index (χ2n) is 4.37.